The second kappa shape index (κ2) is 9.91. The summed E-state index contributed by atoms with van der Waals surface area (Å²) in [5.74, 6) is 1.29. The number of amides is 2. The fraction of sp³-hybridized carbons (Fsp3) is 0.429. The molecular weight excluding hydrogens is 384 g/mol. The first kappa shape index (κ1) is 21.4. The monoisotopic (exact) mass is 412 g/mol. The number of rotatable bonds is 7. The zero-order valence-electron chi connectivity index (χ0n) is 17.5. The van der Waals surface area contributed by atoms with E-state index in [9.17, 15) is 4.79 Å². The predicted octanol–water partition coefficient (Wildman–Crippen LogP) is 3.28. The summed E-state index contributed by atoms with van der Waals surface area (Å²) in [5.41, 5.74) is 8.18. The van der Waals surface area contributed by atoms with E-state index in [-0.39, 0.29) is 24.1 Å². The van der Waals surface area contributed by atoms with Crippen LogP contribution in [0.5, 0.6) is 5.75 Å². The molecule has 0 spiro atoms. The van der Waals surface area contributed by atoms with Gasteiger partial charge in [-0.1, -0.05) is 5.16 Å². The molecule has 1 aliphatic rings. The number of nitrogens with one attached hydrogen (secondary N) is 2. The van der Waals surface area contributed by atoms with E-state index in [1.165, 1.54) is 19.7 Å². The Hall–Kier alpha value is -3.36. The molecule has 3 rings (SSSR count). The molecule has 1 heterocycles. The lowest BCUT2D eigenvalue weighted by molar-refractivity contribution is 0.215. The Morgan fingerprint density at radius 2 is 2.03 bits per heavy atom. The molecule has 9 heteroatoms. The van der Waals surface area contributed by atoms with Crippen molar-refractivity contribution in [1.82, 2.24) is 15.3 Å². The van der Waals surface area contributed by atoms with Gasteiger partial charge in [0.15, 0.2) is 0 Å². The maximum atomic E-state index is 12.4. The average molecular weight is 412 g/mol. The smallest absolute Gasteiger partial charge is 0.319 e. The molecule has 1 aromatic heterocycles. The van der Waals surface area contributed by atoms with E-state index < -0.39 is 0 Å². The molecule has 1 aliphatic carbocycles. The van der Waals surface area contributed by atoms with E-state index in [4.69, 9.17) is 15.3 Å². The van der Waals surface area contributed by atoms with Crippen LogP contribution < -0.4 is 21.1 Å². The van der Waals surface area contributed by atoms with Gasteiger partial charge in [-0.2, -0.15) is 0 Å². The van der Waals surface area contributed by atoms with Crippen molar-refractivity contribution in [2.24, 2.45) is 5.16 Å². The average Bonchev–Trinajstić information content (AvgIpc) is 3.16. The molecule has 1 aromatic carbocycles. The number of urea groups is 1. The van der Waals surface area contributed by atoms with Crippen LogP contribution in [-0.2, 0) is 4.84 Å². The Morgan fingerprint density at radius 3 is 2.73 bits per heavy atom. The fourth-order valence-electron chi connectivity index (χ4n) is 3.59. The molecular formula is C21H28N6O3. The quantitative estimate of drug-likeness (QED) is 0.474. The SMILES string of the molecule is CON=Cc1c(N)ncnc1C1CCC(NC(=O)Nc2ccc(OC(C)C)cc2)C1. The van der Waals surface area contributed by atoms with E-state index in [0.29, 0.717) is 17.1 Å². The summed E-state index contributed by atoms with van der Waals surface area (Å²) < 4.78 is 5.61. The number of nitrogens with zero attached hydrogens (tertiary/aromatic N) is 3. The van der Waals surface area contributed by atoms with E-state index in [2.05, 4.69) is 25.8 Å². The molecule has 160 valence electrons. The zero-order valence-corrected chi connectivity index (χ0v) is 17.5. The number of oxime groups is 1. The Morgan fingerprint density at radius 1 is 1.27 bits per heavy atom. The third-order valence-electron chi connectivity index (χ3n) is 4.87. The van der Waals surface area contributed by atoms with Crippen molar-refractivity contribution in [2.75, 3.05) is 18.2 Å². The van der Waals surface area contributed by atoms with E-state index in [1.54, 1.807) is 0 Å². The summed E-state index contributed by atoms with van der Waals surface area (Å²) in [6, 6.07) is 7.12. The van der Waals surface area contributed by atoms with Crippen molar-refractivity contribution in [3.63, 3.8) is 0 Å². The van der Waals surface area contributed by atoms with Crippen LogP contribution in [0.1, 0.15) is 50.3 Å². The van der Waals surface area contributed by atoms with Gasteiger partial charge in [0.25, 0.3) is 0 Å². The molecule has 0 bridgehead atoms. The van der Waals surface area contributed by atoms with Crippen LogP contribution in [-0.4, -0.2) is 41.5 Å². The van der Waals surface area contributed by atoms with Crippen molar-refractivity contribution in [1.29, 1.82) is 0 Å². The van der Waals surface area contributed by atoms with Gasteiger partial charge in [-0.3, -0.25) is 0 Å². The molecule has 30 heavy (non-hydrogen) atoms. The van der Waals surface area contributed by atoms with Crippen LogP contribution in [0.25, 0.3) is 0 Å². The number of aromatic nitrogens is 2. The molecule has 4 N–H and O–H groups in total. The van der Waals surface area contributed by atoms with Gasteiger partial charge in [-0.05, 0) is 57.4 Å². The topological polar surface area (TPSA) is 124 Å². The maximum absolute atomic E-state index is 12.4. The highest BCUT2D eigenvalue weighted by Gasteiger charge is 2.30. The van der Waals surface area contributed by atoms with Gasteiger partial charge < -0.3 is 25.9 Å². The van der Waals surface area contributed by atoms with Gasteiger partial charge in [0.05, 0.1) is 23.6 Å². The van der Waals surface area contributed by atoms with Crippen molar-refractivity contribution >= 4 is 23.8 Å². The maximum Gasteiger partial charge on any atom is 0.319 e. The van der Waals surface area contributed by atoms with Crippen LogP contribution in [0.2, 0.25) is 0 Å². The van der Waals surface area contributed by atoms with Gasteiger partial charge in [-0.15, -0.1) is 0 Å². The van der Waals surface area contributed by atoms with E-state index >= 15 is 0 Å². The van der Waals surface area contributed by atoms with E-state index in [1.807, 2.05) is 38.1 Å². The Balaban J connectivity index is 1.57. The molecule has 1 saturated carbocycles. The van der Waals surface area contributed by atoms with Crippen molar-refractivity contribution in [3.05, 3.63) is 41.9 Å². The molecule has 0 radical (unpaired) electrons. The molecule has 9 nitrogen and oxygen atoms in total. The van der Waals surface area contributed by atoms with Crippen LogP contribution >= 0.6 is 0 Å². The minimum absolute atomic E-state index is 0.0435. The highest BCUT2D eigenvalue weighted by Crippen LogP contribution is 2.35. The Kier molecular flexibility index (Phi) is 7.05. The molecule has 0 saturated heterocycles. The summed E-state index contributed by atoms with van der Waals surface area (Å²) in [6.07, 6.45) is 5.59. The van der Waals surface area contributed by atoms with E-state index in [0.717, 1.165) is 30.7 Å². The molecule has 1 fully saturated rings. The highest BCUT2D eigenvalue weighted by atomic mass is 16.6. The summed E-state index contributed by atoms with van der Waals surface area (Å²) >= 11 is 0. The number of carbonyl (C=O) groups is 1. The number of benzene rings is 1. The fourth-order valence-corrected chi connectivity index (χ4v) is 3.59. The van der Waals surface area contributed by atoms with Gasteiger partial charge in [0, 0.05) is 17.6 Å². The summed E-state index contributed by atoms with van der Waals surface area (Å²) in [7, 11) is 1.47. The van der Waals surface area contributed by atoms with Gasteiger partial charge >= 0.3 is 6.03 Å². The number of hydrogen-bond acceptors (Lipinski definition) is 7. The van der Waals surface area contributed by atoms with Crippen molar-refractivity contribution < 1.29 is 14.4 Å². The lowest BCUT2D eigenvalue weighted by Crippen LogP contribution is -2.36. The number of nitrogens with two attached hydrogens (primary N) is 1. The Bertz CT molecular complexity index is 885. The number of nitrogen functional groups attached to an aromatic ring is 1. The highest BCUT2D eigenvalue weighted by molar-refractivity contribution is 5.89. The molecule has 0 aliphatic heterocycles. The summed E-state index contributed by atoms with van der Waals surface area (Å²) in [5, 5.41) is 9.70. The first-order valence-corrected chi connectivity index (χ1v) is 9.97. The van der Waals surface area contributed by atoms with Crippen LogP contribution in [0.4, 0.5) is 16.3 Å². The second-order valence-electron chi connectivity index (χ2n) is 7.47. The first-order chi connectivity index (χ1) is 14.5. The lowest BCUT2D eigenvalue weighted by Gasteiger charge is -2.16. The van der Waals surface area contributed by atoms with Crippen molar-refractivity contribution in [3.8, 4) is 5.75 Å². The normalized spacial score (nSPS) is 18.5. The van der Waals surface area contributed by atoms with Gasteiger partial charge in [-0.25, -0.2) is 14.8 Å². The predicted molar refractivity (Wildman–Crippen MR) is 116 cm³/mol. The van der Waals surface area contributed by atoms with Gasteiger partial charge in [0.1, 0.15) is 25.0 Å². The summed E-state index contributed by atoms with van der Waals surface area (Å²) in [4.78, 5) is 25.6. The number of carbonyl (C=O) groups excluding carboxylic acids is 1. The standard InChI is InChI=1S/C21H28N6O3/c1-13(2)30-17-8-6-15(7-9-17)26-21(28)27-16-5-4-14(10-16)19-18(11-25-29-3)20(22)24-12-23-19/h6-9,11-14,16H,4-5,10H2,1-3H3,(H2,22,23,24)(H2,26,27,28). The van der Waals surface area contributed by atoms with Crippen LogP contribution in [0, 0.1) is 0 Å². The minimum Gasteiger partial charge on any atom is -0.491 e. The van der Waals surface area contributed by atoms with Crippen LogP contribution in [0.3, 0.4) is 0 Å². The van der Waals surface area contributed by atoms with Gasteiger partial charge in [0.2, 0.25) is 0 Å². The molecule has 2 atom stereocenters. The van der Waals surface area contributed by atoms with Crippen LogP contribution in [0.15, 0.2) is 35.7 Å². The molecule has 2 unspecified atom stereocenters. The molecule has 2 aromatic rings. The number of anilines is 2. The zero-order chi connectivity index (χ0) is 21.5. The molecule has 2 amide bonds. The number of ether oxygens (including phenoxy) is 1. The largest absolute Gasteiger partial charge is 0.491 e. The third-order valence-corrected chi connectivity index (χ3v) is 4.87. The first-order valence-electron chi connectivity index (χ1n) is 9.97. The Labute approximate surface area is 176 Å². The summed E-state index contributed by atoms with van der Waals surface area (Å²) in [6.45, 7) is 3.94. The number of hydrogen-bond donors (Lipinski definition) is 3. The van der Waals surface area contributed by atoms with Crippen molar-refractivity contribution in [2.45, 2.75) is 51.2 Å². The second-order valence-corrected chi connectivity index (χ2v) is 7.47. The minimum atomic E-state index is -0.235. The lowest BCUT2D eigenvalue weighted by atomic mass is 9.99. The third kappa shape index (κ3) is 5.59.